The van der Waals surface area contributed by atoms with E-state index >= 15 is 0 Å². The third-order valence-electron chi connectivity index (χ3n) is 1.75. The number of rotatable bonds is 3. The number of hydrogen-bond acceptors (Lipinski definition) is 3. The Kier molecular flexibility index (Phi) is 3.23. The second-order valence-corrected chi connectivity index (χ2v) is 4.47. The molecule has 1 aromatic rings. The Bertz CT molecular complexity index is 253. The van der Waals surface area contributed by atoms with Crippen LogP contribution in [0.2, 0.25) is 0 Å². The van der Waals surface area contributed by atoms with Gasteiger partial charge in [-0.05, 0) is 14.0 Å². The maximum atomic E-state index is 4.56. The zero-order chi connectivity index (χ0) is 9.14. The molecule has 0 unspecified atom stereocenters. The molecule has 0 amide bonds. The summed E-state index contributed by atoms with van der Waals surface area (Å²) in [6.07, 6.45) is 0. The van der Waals surface area contributed by atoms with Gasteiger partial charge in [0.05, 0.1) is 10.7 Å². The summed E-state index contributed by atoms with van der Waals surface area (Å²) in [7, 11) is 1.95. The minimum Gasteiger partial charge on any atom is -0.314 e. The standard InChI is InChI=1S/C9H16N2S/c1-6(2)9-11-8(5-10-4)7(3)12-9/h6,10H,5H2,1-4H3. The molecule has 1 aromatic heterocycles. The molecular weight excluding hydrogens is 168 g/mol. The number of hydrogen-bond donors (Lipinski definition) is 1. The van der Waals surface area contributed by atoms with E-state index in [0.717, 1.165) is 6.54 Å². The highest BCUT2D eigenvalue weighted by Gasteiger charge is 2.08. The first-order valence-electron chi connectivity index (χ1n) is 4.26. The molecule has 0 bridgehead atoms. The van der Waals surface area contributed by atoms with Crippen LogP contribution >= 0.6 is 11.3 Å². The SMILES string of the molecule is CNCc1nc(C(C)C)sc1C. The zero-order valence-corrected chi connectivity index (χ0v) is 8.96. The summed E-state index contributed by atoms with van der Waals surface area (Å²) >= 11 is 1.81. The molecule has 0 aliphatic rings. The van der Waals surface area contributed by atoms with E-state index in [1.54, 1.807) is 0 Å². The minimum absolute atomic E-state index is 0.555. The average molecular weight is 184 g/mol. The van der Waals surface area contributed by atoms with Gasteiger partial charge < -0.3 is 5.32 Å². The van der Waals surface area contributed by atoms with Gasteiger partial charge in [0.1, 0.15) is 0 Å². The molecule has 0 saturated heterocycles. The maximum Gasteiger partial charge on any atom is 0.0956 e. The predicted octanol–water partition coefficient (Wildman–Crippen LogP) is 2.29. The van der Waals surface area contributed by atoms with Crippen LogP contribution in [0.1, 0.15) is 35.3 Å². The lowest BCUT2D eigenvalue weighted by Crippen LogP contribution is -2.06. The Labute approximate surface area is 78.0 Å². The summed E-state index contributed by atoms with van der Waals surface area (Å²) in [6, 6.07) is 0. The molecule has 0 spiro atoms. The smallest absolute Gasteiger partial charge is 0.0956 e. The lowest BCUT2D eigenvalue weighted by molar-refractivity contribution is 0.772. The summed E-state index contributed by atoms with van der Waals surface area (Å²) in [6.45, 7) is 7.38. The highest BCUT2D eigenvalue weighted by molar-refractivity contribution is 7.11. The largest absolute Gasteiger partial charge is 0.314 e. The molecule has 0 radical (unpaired) electrons. The molecular formula is C9H16N2S. The molecule has 0 atom stereocenters. The van der Waals surface area contributed by atoms with Crippen LogP contribution in [0.5, 0.6) is 0 Å². The van der Waals surface area contributed by atoms with Crippen molar-refractivity contribution in [1.82, 2.24) is 10.3 Å². The molecule has 0 aromatic carbocycles. The summed E-state index contributed by atoms with van der Waals surface area (Å²) in [5.41, 5.74) is 1.20. The Balaban J connectivity index is 2.85. The van der Waals surface area contributed by atoms with Gasteiger partial charge in [-0.2, -0.15) is 0 Å². The van der Waals surface area contributed by atoms with E-state index < -0.39 is 0 Å². The first-order chi connectivity index (χ1) is 5.65. The van der Waals surface area contributed by atoms with Crippen LogP contribution in [-0.4, -0.2) is 12.0 Å². The molecule has 1 N–H and O–H groups in total. The lowest BCUT2D eigenvalue weighted by Gasteiger charge is -1.96. The minimum atomic E-state index is 0.555. The third kappa shape index (κ3) is 2.05. The molecule has 12 heavy (non-hydrogen) atoms. The van der Waals surface area contributed by atoms with Crippen molar-refractivity contribution < 1.29 is 0 Å². The van der Waals surface area contributed by atoms with Crippen LogP contribution in [0.4, 0.5) is 0 Å². The summed E-state index contributed by atoms with van der Waals surface area (Å²) in [5.74, 6) is 0.555. The number of nitrogens with one attached hydrogen (secondary N) is 1. The van der Waals surface area contributed by atoms with Crippen LogP contribution in [0.3, 0.4) is 0 Å². The average Bonchev–Trinajstić information content (AvgIpc) is 2.34. The van der Waals surface area contributed by atoms with E-state index in [2.05, 4.69) is 31.1 Å². The molecule has 2 nitrogen and oxygen atoms in total. The fourth-order valence-corrected chi connectivity index (χ4v) is 1.97. The first-order valence-corrected chi connectivity index (χ1v) is 5.07. The van der Waals surface area contributed by atoms with E-state index in [1.165, 1.54) is 15.6 Å². The van der Waals surface area contributed by atoms with Crippen LogP contribution in [0.15, 0.2) is 0 Å². The van der Waals surface area contributed by atoms with E-state index in [1.807, 2.05) is 18.4 Å². The molecule has 68 valence electrons. The van der Waals surface area contributed by atoms with Gasteiger partial charge in [-0.1, -0.05) is 13.8 Å². The molecule has 0 saturated carbocycles. The normalized spacial score (nSPS) is 11.1. The van der Waals surface area contributed by atoms with Gasteiger partial charge in [-0.3, -0.25) is 0 Å². The maximum absolute atomic E-state index is 4.56. The quantitative estimate of drug-likeness (QED) is 0.779. The van der Waals surface area contributed by atoms with Crippen molar-refractivity contribution in [1.29, 1.82) is 0 Å². The molecule has 1 rings (SSSR count). The van der Waals surface area contributed by atoms with Crippen LogP contribution in [-0.2, 0) is 6.54 Å². The Morgan fingerprint density at radius 1 is 1.50 bits per heavy atom. The Morgan fingerprint density at radius 3 is 2.58 bits per heavy atom. The van der Waals surface area contributed by atoms with Crippen LogP contribution in [0.25, 0.3) is 0 Å². The van der Waals surface area contributed by atoms with Crippen molar-refractivity contribution >= 4 is 11.3 Å². The molecule has 0 fully saturated rings. The molecule has 0 aliphatic carbocycles. The molecule has 1 heterocycles. The Morgan fingerprint density at radius 2 is 2.17 bits per heavy atom. The van der Waals surface area contributed by atoms with E-state index in [4.69, 9.17) is 0 Å². The number of thiazole rings is 1. The van der Waals surface area contributed by atoms with Gasteiger partial charge in [0.15, 0.2) is 0 Å². The van der Waals surface area contributed by atoms with Crippen molar-refractivity contribution in [2.24, 2.45) is 0 Å². The first kappa shape index (κ1) is 9.68. The van der Waals surface area contributed by atoms with E-state index in [0.29, 0.717) is 5.92 Å². The highest BCUT2D eigenvalue weighted by Crippen LogP contribution is 2.23. The summed E-state index contributed by atoms with van der Waals surface area (Å²) in [4.78, 5) is 5.90. The fourth-order valence-electron chi connectivity index (χ4n) is 1.03. The van der Waals surface area contributed by atoms with Crippen LogP contribution in [0, 0.1) is 6.92 Å². The monoisotopic (exact) mass is 184 g/mol. The van der Waals surface area contributed by atoms with Crippen molar-refractivity contribution in [3.05, 3.63) is 15.6 Å². The van der Waals surface area contributed by atoms with Gasteiger partial charge in [0.25, 0.3) is 0 Å². The number of nitrogens with zero attached hydrogens (tertiary/aromatic N) is 1. The van der Waals surface area contributed by atoms with Crippen molar-refractivity contribution in [3.63, 3.8) is 0 Å². The molecule has 3 heteroatoms. The van der Waals surface area contributed by atoms with Gasteiger partial charge in [0.2, 0.25) is 0 Å². The number of aromatic nitrogens is 1. The van der Waals surface area contributed by atoms with Gasteiger partial charge >= 0.3 is 0 Å². The van der Waals surface area contributed by atoms with Crippen molar-refractivity contribution in [2.75, 3.05) is 7.05 Å². The van der Waals surface area contributed by atoms with Gasteiger partial charge in [-0.15, -0.1) is 11.3 Å². The Hall–Kier alpha value is -0.410. The summed E-state index contributed by atoms with van der Waals surface area (Å²) < 4.78 is 0. The van der Waals surface area contributed by atoms with Gasteiger partial charge in [-0.25, -0.2) is 4.98 Å². The van der Waals surface area contributed by atoms with E-state index in [9.17, 15) is 0 Å². The lowest BCUT2D eigenvalue weighted by atomic mass is 10.2. The second kappa shape index (κ2) is 4.01. The zero-order valence-electron chi connectivity index (χ0n) is 8.14. The number of aryl methyl sites for hydroxylation is 1. The fraction of sp³-hybridized carbons (Fsp3) is 0.667. The van der Waals surface area contributed by atoms with Crippen molar-refractivity contribution in [2.45, 2.75) is 33.2 Å². The third-order valence-corrected chi connectivity index (χ3v) is 3.06. The van der Waals surface area contributed by atoms with Gasteiger partial charge in [0, 0.05) is 17.3 Å². The van der Waals surface area contributed by atoms with E-state index in [-0.39, 0.29) is 0 Å². The highest BCUT2D eigenvalue weighted by atomic mass is 32.1. The molecule has 0 aliphatic heterocycles. The predicted molar refractivity (Wildman–Crippen MR) is 53.7 cm³/mol. The second-order valence-electron chi connectivity index (χ2n) is 3.24. The van der Waals surface area contributed by atoms with Crippen LogP contribution < -0.4 is 5.32 Å². The summed E-state index contributed by atoms with van der Waals surface area (Å²) in [5, 5.41) is 4.37. The topological polar surface area (TPSA) is 24.9 Å². The van der Waals surface area contributed by atoms with Crippen molar-refractivity contribution in [3.8, 4) is 0 Å².